The number of benzene rings is 1. The first-order chi connectivity index (χ1) is 11.9. The number of aryl methyl sites for hydroxylation is 1. The number of ether oxygens (including phenoxy) is 1. The van der Waals surface area contributed by atoms with E-state index in [1.807, 2.05) is 0 Å². The Morgan fingerprint density at radius 3 is 2.44 bits per heavy atom. The van der Waals surface area contributed by atoms with Crippen molar-refractivity contribution in [3.63, 3.8) is 0 Å². The highest BCUT2D eigenvalue weighted by Gasteiger charge is 2.28. The molecule has 0 N–H and O–H groups in total. The minimum atomic E-state index is -0.866. The molecule has 7 heteroatoms. The molecule has 0 unspecified atom stereocenters. The minimum absolute atomic E-state index is 0.185. The lowest BCUT2D eigenvalue weighted by atomic mass is 10.1. The van der Waals surface area contributed by atoms with Gasteiger partial charge in [0.2, 0.25) is 0 Å². The van der Waals surface area contributed by atoms with Gasteiger partial charge in [-0.2, -0.15) is 0 Å². The van der Waals surface area contributed by atoms with Gasteiger partial charge in [-0.05, 0) is 19.1 Å². The van der Waals surface area contributed by atoms with E-state index in [0.717, 1.165) is 12.1 Å². The number of carbonyl (C=O) groups excluding carboxylic acids is 1. The van der Waals surface area contributed by atoms with Gasteiger partial charge < -0.3 is 14.1 Å². The number of hydrogen-bond donors (Lipinski definition) is 0. The average molecular weight is 349 g/mol. The van der Waals surface area contributed by atoms with Gasteiger partial charge in [-0.25, -0.2) is 13.6 Å². The first-order valence-electron chi connectivity index (χ1n) is 7.96. The van der Waals surface area contributed by atoms with Crippen LogP contribution < -0.4 is 10.4 Å². The van der Waals surface area contributed by atoms with Crippen molar-refractivity contribution in [2.75, 3.05) is 13.1 Å². The predicted molar refractivity (Wildman–Crippen MR) is 85.6 cm³/mol. The Labute approximate surface area is 142 Å². The fourth-order valence-corrected chi connectivity index (χ4v) is 2.87. The molecule has 0 radical (unpaired) electrons. The molecule has 1 aliphatic heterocycles. The summed E-state index contributed by atoms with van der Waals surface area (Å²) in [5.74, 6) is -1.53. The molecule has 1 amide bonds. The van der Waals surface area contributed by atoms with Crippen LogP contribution >= 0.6 is 0 Å². The molecule has 2 heterocycles. The highest BCUT2D eigenvalue weighted by Crippen LogP contribution is 2.21. The summed E-state index contributed by atoms with van der Waals surface area (Å²) in [5.41, 5.74) is -1.02. The zero-order chi connectivity index (χ0) is 18.0. The van der Waals surface area contributed by atoms with Gasteiger partial charge in [-0.1, -0.05) is 6.07 Å². The molecular formula is C18H17F2NO4. The molecule has 1 saturated heterocycles. The largest absolute Gasteiger partial charge is 0.490 e. The molecule has 0 aliphatic carbocycles. The molecule has 3 rings (SSSR count). The Balaban J connectivity index is 1.63. The molecule has 0 spiro atoms. The molecule has 5 nitrogen and oxygen atoms in total. The van der Waals surface area contributed by atoms with E-state index in [2.05, 4.69) is 0 Å². The van der Waals surface area contributed by atoms with Crippen molar-refractivity contribution >= 4 is 5.91 Å². The molecule has 132 valence electrons. The fourth-order valence-electron chi connectivity index (χ4n) is 2.87. The molecule has 25 heavy (non-hydrogen) atoms. The van der Waals surface area contributed by atoms with Gasteiger partial charge in [-0.15, -0.1) is 0 Å². The van der Waals surface area contributed by atoms with Crippen molar-refractivity contribution in [2.24, 2.45) is 0 Å². The van der Waals surface area contributed by atoms with Gasteiger partial charge in [0, 0.05) is 32.0 Å². The number of rotatable bonds is 3. The third-order valence-corrected chi connectivity index (χ3v) is 4.08. The van der Waals surface area contributed by atoms with E-state index in [1.165, 1.54) is 17.0 Å². The lowest BCUT2D eigenvalue weighted by Crippen LogP contribution is -2.42. The summed E-state index contributed by atoms with van der Waals surface area (Å²) >= 11 is 0. The molecule has 1 aliphatic rings. The van der Waals surface area contributed by atoms with Gasteiger partial charge in [0.25, 0.3) is 5.91 Å². The van der Waals surface area contributed by atoms with Crippen LogP contribution in [0.2, 0.25) is 0 Å². The molecule has 1 fully saturated rings. The number of nitrogens with zero attached hydrogens (tertiary/aromatic N) is 1. The highest BCUT2D eigenvalue weighted by atomic mass is 19.1. The summed E-state index contributed by atoms with van der Waals surface area (Å²) in [5, 5.41) is 0. The van der Waals surface area contributed by atoms with Crippen molar-refractivity contribution in [2.45, 2.75) is 25.9 Å². The first-order valence-corrected chi connectivity index (χ1v) is 7.96. The van der Waals surface area contributed by atoms with Crippen LogP contribution in [0.3, 0.4) is 0 Å². The number of carbonyl (C=O) groups is 1. The van der Waals surface area contributed by atoms with Crippen molar-refractivity contribution in [1.29, 1.82) is 0 Å². The van der Waals surface area contributed by atoms with Crippen molar-refractivity contribution < 1.29 is 22.7 Å². The van der Waals surface area contributed by atoms with E-state index >= 15 is 0 Å². The SMILES string of the molecule is Cc1cc(OC2CCN(C(=O)c3c(F)cccc3F)CC2)cc(=O)o1. The lowest BCUT2D eigenvalue weighted by Gasteiger charge is -2.32. The monoisotopic (exact) mass is 349 g/mol. The van der Waals surface area contributed by atoms with E-state index in [4.69, 9.17) is 9.15 Å². The van der Waals surface area contributed by atoms with Crippen LogP contribution in [0.15, 0.2) is 39.5 Å². The van der Waals surface area contributed by atoms with Crippen LogP contribution in [-0.2, 0) is 0 Å². The van der Waals surface area contributed by atoms with E-state index < -0.39 is 28.7 Å². The Hall–Kier alpha value is -2.70. The second kappa shape index (κ2) is 7.04. The molecular weight excluding hydrogens is 332 g/mol. The highest BCUT2D eigenvalue weighted by molar-refractivity contribution is 5.94. The Morgan fingerprint density at radius 1 is 1.20 bits per heavy atom. The number of halogens is 2. The molecule has 0 saturated carbocycles. The van der Waals surface area contributed by atoms with Crippen LogP contribution in [0.5, 0.6) is 5.75 Å². The molecule has 2 aromatic rings. The normalized spacial score (nSPS) is 15.2. The summed E-state index contributed by atoms with van der Waals surface area (Å²) < 4.78 is 38.1. The lowest BCUT2D eigenvalue weighted by molar-refractivity contribution is 0.0585. The zero-order valence-electron chi connectivity index (χ0n) is 13.6. The van der Waals surface area contributed by atoms with E-state index in [9.17, 15) is 18.4 Å². The van der Waals surface area contributed by atoms with Crippen LogP contribution in [0, 0.1) is 18.6 Å². The van der Waals surface area contributed by atoms with Crippen LogP contribution in [0.1, 0.15) is 29.0 Å². The van der Waals surface area contributed by atoms with Crippen molar-refractivity contribution in [1.82, 2.24) is 4.90 Å². The topological polar surface area (TPSA) is 59.8 Å². The van der Waals surface area contributed by atoms with Crippen LogP contribution in [0.4, 0.5) is 8.78 Å². The maximum atomic E-state index is 13.7. The smallest absolute Gasteiger partial charge is 0.339 e. The Kier molecular flexibility index (Phi) is 4.83. The van der Waals surface area contributed by atoms with Gasteiger partial charge in [-0.3, -0.25) is 4.79 Å². The summed E-state index contributed by atoms with van der Waals surface area (Å²) in [7, 11) is 0. The second-order valence-electron chi connectivity index (χ2n) is 5.93. The molecule has 1 aromatic heterocycles. The third kappa shape index (κ3) is 3.87. The molecule has 0 bridgehead atoms. The standard InChI is InChI=1S/C18H17F2NO4/c1-11-9-13(10-16(22)24-11)25-12-5-7-21(8-6-12)18(23)17-14(19)3-2-4-15(17)20/h2-4,9-10,12H,5-8H2,1H3. The summed E-state index contributed by atoms with van der Waals surface area (Å²) in [6.07, 6.45) is 0.818. The van der Waals surface area contributed by atoms with Crippen molar-refractivity contribution in [3.8, 4) is 5.75 Å². The number of hydrogen-bond acceptors (Lipinski definition) is 4. The van der Waals surface area contributed by atoms with Gasteiger partial charge in [0.1, 0.15) is 34.8 Å². The second-order valence-corrected chi connectivity index (χ2v) is 5.93. The Bertz CT molecular complexity index is 821. The van der Waals surface area contributed by atoms with Crippen LogP contribution in [-0.4, -0.2) is 30.0 Å². The van der Waals surface area contributed by atoms with Gasteiger partial charge in [0.05, 0.1) is 6.07 Å². The molecule has 1 aromatic carbocycles. The fraction of sp³-hybridized carbons (Fsp3) is 0.333. The van der Waals surface area contributed by atoms with Gasteiger partial charge in [0.15, 0.2) is 0 Å². The molecule has 0 atom stereocenters. The first kappa shape index (κ1) is 17.1. The third-order valence-electron chi connectivity index (χ3n) is 4.08. The van der Waals surface area contributed by atoms with Gasteiger partial charge >= 0.3 is 5.63 Å². The predicted octanol–water partition coefficient (Wildman–Crippen LogP) is 2.91. The average Bonchev–Trinajstić information content (AvgIpc) is 2.54. The maximum Gasteiger partial charge on any atom is 0.339 e. The number of piperidine rings is 1. The maximum absolute atomic E-state index is 13.7. The summed E-state index contributed by atoms with van der Waals surface area (Å²) in [6.45, 7) is 2.29. The quantitative estimate of drug-likeness (QED) is 0.855. The zero-order valence-corrected chi connectivity index (χ0v) is 13.6. The number of amides is 1. The summed E-state index contributed by atoms with van der Waals surface area (Å²) in [4.78, 5) is 25.1. The Morgan fingerprint density at radius 2 is 1.84 bits per heavy atom. The van der Waals surface area contributed by atoms with E-state index in [0.29, 0.717) is 37.4 Å². The minimum Gasteiger partial charge on any atom is -0.490 e. The van der Waals surface area contributed by atoms with E-state index in [1.54, 1.807) is 13.0 Å². The van der Waals surface area contributed by atoms with E-state index in [-0.39, 0.29) is 6.10 Å². The number of likely N-dealkylation sites (tertiary alicyclic amines) is 1. The summed E-state index contributed by atoms with van der Waals surface area (Å²) in [6, 6.07) is 6.23. The van der Waals surface area contributed by atoms with Crippen molar-refractivity contribution in [3.05, 3.63) is 63.7 Å². The van der Waals surface area contributed by atoms with Crippen LogP contribution in [0.25, 0.3) is 0 Å².